The number of aryl methyl sites for hydroxylation is 1. The maximum Gasteiger partial charge on any atom is 0.271 e. The molecular formula is C28H23FN4O4S2. The highest BCUT2D eigenvalue weighted by molar-refractivity contribution is 7.90. The van der Waals surface area contributed by atoms with Crippen LogP contribution in [0.15, 0.2) is 77.1 Å². The van der Waals surface area contributed by atoms with E-state index in [0.717, 1.165) is 16.9 Å². The van der Waals surface area contributed by atoms with Crippen LogP contribution < -0.4 is 0 Å². The monoisotopic (exact) mass is 562 g/mol. The maximum atomic E-state index is 16.1. The molecule has 0 spiro atoms. The Morgan fingerprint density at radius 2 is 1.87 bits per heavy atom. The zero-order valence-corrected chi connectivity index (χ0v) is 22.6. The molecule has 1 atom stereocenters. The molecule has 1 fully saturated rings. The summed E-state index contributed by atoms with van der Waals surface area (Å²) in [5, 5.41) is 13.4. The van der Waals surface area contributed by atoms with Gasteiger partial charge in [0.05, 0.1) is 16.2 Å². The summed E-state index contributed by atoms with van der Waals surface area (Å²) in [6.45, 7) is 2.28. The van der Waals surface area contributed by atoms with Gasteiger partial charge in [-0.3, -0.25) is 4.79 Å². The van der Waals surface area contributed by atoms with Gasteiger partial charge in [-0.1, -0.05) is 35.9 Å². The Labute approximate surface area is 228 Å². The summed E-state index contributed by atoms with van der Waals surface area (Å²) in [6, 6.07) is 16.3. The van der Waals surface area contributed by atoms with Gasteiger partial charge in [0.1, 0.15) is 5.01 Å². The Morgan fingerprint density at radius 3 is 2.59 bits per heavy atom. The van der Waals surface area contributed by atoms with Crippen LogP contribution in [0.3, 0.4) is 0 Å². The van der Waals surface area contributed by atoms with E-state index in [4.69, 9.17) is 0 Å². The summed E-state index contributed by atoms with van der Waals surface area (Å²) >= 11 is 1.16. The number of halogens is 1. The van der Waals surface area contributed by atoms with Crippen LogP contribution in [0, 0.1) is 12.9 Å². The van der Waals surface area contributed by atoms with Gasteiger partial charge in [0.25, 0.3) is 15.9 Å². The number of nitrogens with zero attached hydrogens (tertiary/aromatic N) is 4. The molecule has 0 saturated carbocycles. The molecule has 8 nitrogen and oxygen atoms in total. The fourth-order valence-corrected chi connectivity index (χ4v) is 7.12. The molecule has 1 N–H and O–H groups in total. The number of hydrogen-bond donors (Lipinski definition) is 1. The smallest absolute Gasteiger partial charge is 0.271 e. The van der Waals surface area contributed by atoms with Crippen molar-refractivity contribution in [2.75, 3.05) is 13.6 Å². The van der Waals surface area contributed by atoms with Crippen LogP contribution in [0.1, 0.15) is 17.5 Å². The molecular weight excluding hydrogens is 539 g/mol. The highest BCUT2D eigenvalue weighted by Crippen LogP contribution is 2.39. The van der Waals surface area contributed by atoms with Gasteiger partial charge in [0, 0.05) is 42.5 Å². The van der Waals surface area contributed by atoms with Crippen molar-refractivity contribution in [2.45, 2.75) is 23.8 Å². The number of aromatic nitrogens is 3. The number of hydrogen-bond acceptors (Lipinski definition) is 7. The first-order valence-electron chi connectivity index (χ1n) is 12.1. The van der Waals surface area contributed by atoms with Crippen LogP contribution in [0.2, 0.25) is 0 Å². The van der Waals surface area contributed by atoms with Gasteiger partial charge in [-0.25, -0.2) is 18.4 Å². The van der Waals surface area contributed by atoms with E-state index >= 15 is 4.39 Å². The second-order valence-electron chi connectivity index (χ2n) is 9.58. The normalized spacial score (nSPS) is 17.8. The summed E-state index contributed by atoms with van der Waals surface area (Å²) in [7, 11) is -2.64. The Hall–Kier alpha value is -3.93. The van der Waals surface area contributed by atoms with Crippen molar-refractivity contribution in [3.63, 3.8) is 0 Å². The number of carbonyl (C=O) groups excluding carboxylic acids is 1. The number of aliphatic hydroxyl groups is 1. The average molecular weight is 563 g/mol. The van der Waals surface area contributed by atoms with E-state index in [-0.39, 0.29) is 33.4 Å². The highest BCUT2D eigenvalue weighted by atomic mass is 32.2. The SMILES string of the molecule is Cc1ccc(S(=O)(=O)n2c(F)c(-c3nc(-c4cccc(C5(O)CCN(C)C5=O)c4)cs3)c3cccnc32)cc1. The number of rotatable bonds is 5. The highest BCUT2D eigenvalue weighted by Gasteiger charge is 2.45. The zero-order valence-electron chi connectivity index (χ0n) is 21.0. The topological polar surface area (TPSA) is 105 Å². The zero-order chi connectivity index (χ0) is 27.5. The Morgan fingerprint density at radius 1 is 1.10 bits per heavy atom. The second-order valence-corrected chi connectivity index (χ2v) is 12.2. The first-order valence-corrected chi connectivity index (χ1v) is 14.4. The van der Waals surface area contributed by atoms with Crippen molar-refractivity contribution < 1.29 is 22.7 Å². The molecule has 0 bridgehead atoms. The minimum Gasteiger partial charge on any atom is -0.375 e. The molecule has 1 aliphatic rings. The molecule has 0 radical (unpaired) electrons. The van der Waals surface area contributed by atoms with Crippen LogP contribution in [-0.4, -0.2) is 51.9 Å². The number of carbonyl (C=O) groups is 1. The van der Waals surface area contributed by atoms with E-state index in [2.05, 4.69) is 9.97 Å². The predicted octanol–water partition coefficient (Wildman–Crippen LogP) is 4.56. The van der Waals surface area contributed by atoms with Gasteiger partial charge >= 0.3 is 0 Å². The molecule has 5 aromatic rings. The lowest BCUT2D eigenvalue weighted by Crippen LogP contribution is -2.36. The minimum absolute atomic E-state index is 0.0320. The molecule has 1 unspecified atom stereocenters. The molecule has 4 heterocycles. The van der Waals surface area contributed by atoms with E-state index < -0.39 is 21.6 Å². The molecule has 3 aromatic heterocycles. The van der Waals surface area contributed by atoms with E-state index in [0.29, 0.717) is 32.7 Å². The van der Waals surface area contributed by atoms with Crippen LogP contribution in [-0.2, 0) is 20.4 Å². The van der Waals surface area contributed by atoms with Crippen molar-refractivity contribution in [3.8, 4) is 21.8 Å². The summed E-state index contributed by atoms with van der Waals surface area (Å²) in [5.41, 5.74) is 0.869. The molecule has 1 amide bonds. The van der Waals surface area contributed by atoms with E-state index in [1.807, 2.05) is 6.92 Å². The largest absolute Gasteiger partial charge is 0.375 e. The number of benzene rings is 2. The summed E-state index contributed by atoms with van der Waals surface area (Å²) in [5.74, 6) is -1.34. The van der Waals surface area contributed by atoms with Gasteiger partial charge in [-0.15, -0.1) is 11.3 Å². The van der Waals surface area contributed by atoms with Crippen molar-refractivity contribution in [1.82, 2.24) is 18.8 Å². The van der Waals surface area contributed by atoms with E-state index in [1.165, 1.54) is 23.2 Å². The number of likely N-dealkylation sites (N-methyl/N-ethyl adjacent to an activating group) is 1. The summed E-state index contributed by atoms with van der Waals surface area (Å²) in [4.78, 5) is 22.9. The average Bonchev–Trinajstić information content (AvgIpc) is 3.60. The van der Waals surface area contributed by atoms with Gasteiger partial charge in [-0.2, -0.15) is 8.36 Å². The lowest BCUT2D eigenvalue weighted by atomic mass is 9.90. The van der Waals surface area contributed by atoms with Crippen molar-refractivity contribution in [1.29, 1.82) is 0 Å². The quantitative estimate of drug-likeness (QED) is 0.337. The van der Waals surface area contributed by atoms with Crippen LogP contribution in [0.25, 0.3) is 32.9 Å². The second kappa shape index (κ2) is 9.08. The van der Waals surface area contributed by atoms with Crippen LogP contribution in [0.4, 0.5) is 4.39 Å². The fourth-order valence-electron chi connectivity index (χ4n) is 4.88. The molecule has 39 heavy (non-hydrogen) atoms. The third-order valence-electron chi connectivity index (χ3n) is 7.06. The summed E-state index contributed by atoms with van der Waals surface area (Å²) in [6.07, 6.45) is 1.69. The molecule has 1 saturated heterocycles. The Balaban J connectivity index is 1.45. The maximum absolute atomic E-state index is 16.1. The Bertz CT molecular complexity index is 1860. The number of amides is 1. The lowest BCUT2D eigenvalue weighted by molar-refractivity contribution is -0.143. The van der Waals surface area contributed by atoms with Gasteiger partial charge in [0.15, 0.2) is 11.2 Å². The Kier molecular flexibility index (Phi) is 5.90. The molecule has 0 aliphatic carbocycles. The lowest BCUT2D eigenvalue weighted by Gasteiger charge is -2.21. The number of thiazole rings is 1. The minimum atomic E-state index is -4.28. The van der Waals surface area contributed by atoms with E-state index in [1.54, 1.807) is 61.0 Å². The summed E-state index contributed by atoms with van der Waals surface area (Å²) < 4.78 is 43.7. The van der Waals surface area contributed by atoms with E-state index in [9.17, 15) is 18.3 Å². The molecule has 6 rings (SSSR count). The molecule has 2 aromatic carbocycles. The third kappa shape index (κ3) is 3.96. The van der Waals surface area contributed by atoms with Gasteiger partial charge < -0.3 is 10.0 Å². The predicted molar refractivity (Wildman–Crippen MR) is 146 cm³/mol. The van der Waals surface area contributed by atoms with Crippen molar-refractivity contribution in [2.24, 2.45) is 0 Å². The number of fused-ring (bicyclic) bond motifs is 1. The van der Waals surface area contributed by atoms with Gasteiger partial charge in [-0.05, 0) is 42.8 Å². The fraction of sp³-hybridized carbons (Fsp3) is 0.179. The van der Waals surface area contributed by atoms with Crippen molar-refractivity contribution in [3.05, 3.63) is 89.3 Å². The first-order chi connectivity index (χ1) is 18.6. The van der Waals surface area contributed by atoms with Crippen molar-refractivity contribution >= 4 is 38.3 Å². The standard InChI is InChI=1S/C28H23FN4O4S2/c1-17-8-10-20(11-9-17)39(36,37)33-24(29)23(21-7-4-13-30-25(21)33)26-31-22(16-38-26)18-5-3-6-19(15-18)28(35)12-14-32(2)27(28)34/h3-11,13,15-16,35H,12,14H2,1-2H3. The number of likely N-dealkylation sites (tertiary alicyclic amines) is 1. The molecule has 198 valence electrons. The number of pyridine rings is 1. The van der Waals surface area contributed by atoms with Crippen LogP contribution >= 0.6 is 11.3 Å². The molecule has 1 aliphatic heterocycles. The molecule has 11 heteroatoms. The van der Waals surface area contributed by atoms with Gasteiger partial charge in [0.2, 0.25) is 5.95 Å². The van der Waals surface area contributed by atoms with Crippen LogP contribution in [0.5, 0.6) is 0 Å². The third-order valence-corrected chi connectivity index (χ3v) is 9.60. The first kappa shape index (κ1) is 25.4.